The van der Waals surface area contributed by atoms with Crippen molar-refractivity contribution in [2.45, 2.75) is 39.0 Å². The molecule has 118 valence electrons. The number of phenols is 1. The number of rotatable bonds is 6. The summed E-state index contributed by atoms with van der Waals surface area (Å²) < 4.78 is 0. The third kappa shape index (κ3) is 3.02. The first-order valence-electron chi connectivity index (χ1n) is 7.56. The number of aromatic hydroxyl groups is 1. The Kier molecular flexibility index (Phi) is 5.24. The van der Waals surface area contributed by atoms with E-state index in [1.807, 2.05) is 19.9 Å². The molecule has 0 bridgehead atoms. The van der Waals surface area contributed by atoms with Gasteiger partial charge in [0.1, 0.15) is 11.3 Å². The van der Waals surface area contributed by atoms with Crippen LogP contribution >= 0.6 is 11.6 Å². The van der Waals surface area contributed by atoms with Crippen LogP contribution in [0.25, 0.3) is 10.9 Å². The molecule has 1 aromatic carbocycles. The zero-order valence-corrected chi connectivity index (χ0v) is 13.6. The molecule has 3 N–H and O–H groups in total. The largest absolute Gasteiger partial charge is 0.505 e. The highest BCUT2D eigenvalue weighted by Crippen LogP contribution is 2.42. The molecule has 0 radical (unpaired) electrons. The lowest BCUT2D eigenvalue weighted by Gasteiger charge is -2.25. The minimum Gasteiger partial charge on any atom is -0.505 e. The Bertz CT molecular complexity index is 688. The highest BCUT2D eigenvalue weighted by Gasteiger charge is 2.29. The van der Waals surface area contributed by atoms with Crippen molar-refractivity contribution in [2.24, 2.45) is 11.7 Å². The van der Waals surface area contributed by atoms with Crippen molar-refractivity contribution in [3.63, 3.8) is 0 Å². The number of nitrogens with zero attached hydrogens (tertiary/aromatic N) is 1. The van der Waals surface area contributed by atoms with Crippen LogP contribution in [0.4, 0.5) is 0 Å². The van der Waals surface area contributed by atoms with Crippen LogP contribution in [0.1, 0.15) is 44.6 Å². The van der Waals surface area contributed by atoms with E-state index in [1.165, 1.54) is 0 Å². The summed E-state index contributed by atoms with van der Waals surface area (Å²) in [6.07, 6.45) is 3.87. The van der Waals surface area contributed by atoms with Crippen LogP contribution in [0.15, 0.2) is 24.4 Å². The predicted molar refractivity (Wildman–Crippen MR) is 89.0 cm³/mol. The van der Waals surface area contributed by atoms with E-state index in [0.29, 0.717) is 27.9 Å². The maximum Gasteiger partial charge on any atom is 0.221 e. The van der Waals surface area contributed by atoms with Gasteiger partial charge in [-0.15, -0.1) is 0 Å². The normalized spacial score (nSPS) is 14.0. The number of nitrogens with two attached hydrogens (primary N) is 1. The number of aromatic nitrogens is 1. The van der Waals surface area contributed by atoms with Gasteiger partial charge in [-0.05, 0) is 37.0 Å². The molecule has 1 aromatic heterocycles. The molecule has 5 heteroatoms. The Morgan fingerprint density at radius 1 is 1.45 bits per heavy atom. The minimum atomic E-state index is -0.349. The van der Waals surface area contributed by atoms with E-state index >= 15 is 0 Å². The first-order chi connectivity index (χ1) is 10.5. The number of hydrogen-bond donors (Lipinski definition) is 2. The molecule has 0 spiro atoms. The summed E-state index contributed by atoms with van der Waals surface area (Å²) in [5, 5.41) is 11.8. The number of primary amides is 1. The summed E-state index contributed by atoms with van der Waals surface area (Å²) >= 11 is 6.34. The topological polar surface area (TPSA) is 76.2 Å². The van der Waals surface area contributed by atoms with Gasteiger partial charge >= 0.3 is 0 Å². The van der Waals surface area contributed by atoms with Gasteiger partial charge in [-0.1, -0.05) is 31.9 Å². The highest BCUT2D eigenvalue weighted by atomic mass is 35.5. The van der Waals surface area contributed by atoms with Crippen LogP contribution in [0.2, 0.25) is 5.02 Å². The number of pyridine rings is 1. The fourth-order valence-corrected chi connectivity index (χ4v) is 3.33. The Labute approximate surface area is 135 Å². The molecule has 1 amide bonds. The maximum atomic E-state index is 11.8. The number of carbonyl (C=O) groups excluding carboxylic acids is 1. The summed E-state index contributed by atoms with van der Waals surface area (Å²) in [4.78, 5) is 16.0. The summed E-state index contributed by atoms with van der Waals surface area (Å²) in [6.45, 7) is 3.97. The van der Waals surface area contributed by atoms with E-state index in [2.05, 4.69) is 4.98 Å². The van der Waals surface area contributed by atoms with Crippen LogP contribution in [-0.2, 0) is 4.79 Å². The number of halogens is 1. The molecular weight excluding hydrogens is 300 g/mol. The molecule has 0 aliphatic heterocycles. The number of phenolic OH excluding ortho intramolecular Hbond substituents is 1. The lowest BCUT2D eigenvalue weighted by Crippen LogP contribution is -2.28. The zero-order valence-electron chi connectivity index (χ0n) is 12.8. The van der Waals surface area contributed by atoms with Crippen LogP contribution in [0, 0.1) is 5.92 Å². The maximum absolute atomic E-state index is 11.8. The van der Waals surface area contributed by atoms with Crippen molar-refractivity contribution < 1.29 is 9.90 Å². The molecule has 2 rings (SSSR count). The summed E-state index contributed by atoms with van der Waals surface area (Å²) in [6, 6.07) is 5.33. The van der Waals surface area contributed by atoms with Crippen molar-refractivity contribution in [1.29, 1.82) is 0 Å². The third-order valence-electron chi connectivity index (χ3n) is 4.14. The number of fused-ring (bicyclic) bond motifs is 1. The molecule has 0 aliphatic carbocycles. The molecule has 0 fully saturated rings. The molecule has 4 nitrogen and oxygen atoms in total. The fourth-order valence-electron chi connectivity index (χ4n) is 3.06. The van der Waals surface area contributed by atoms with Crippen LogP contribution < -0.4 is 5.73 Å². The van der Waals surface area contributed by atoms with E-state index in [9.17, 15) is 9.90 Å². The molecule has 0 saturated carbocycles. The van der Waals surface area contributed by atoms with Gasteiger partial charge in [-0.25, -0.2) is 0 Å². The average molecular weight is 321 g/mol. The first-order valence-corrected chi connectivity index (χ1v) is 7.94. The van der Waals surface area contributed by atoms with E-state index in [1.54, 1.807) is 18.3 Å². The second kappa shape index (κ2) is 6.97. The fraction of sp³-hybridized carbons (Fsp3) is 0.412. The third-order valence-corrected chi connectivity index (χ3v) is 4.45. The van der Waals surface area contributed by atoms with Gasteiger partial charge in [0.2, 0.25) is 5.91 Å². The van der Waals surface area contributed by atoms with Crippen molar-refractivity contribution in [3.05, 3.63) is 35.0 Å². The molecule has 0 saturated heterocycles. The second-order valence-corrected chi connectivity index (χ2v) is 5.92. The molecule has 2 atom stereocenters. The van der Waals surface area contributed by atoms with Crippen molar-refractivity contribution in [1.82, 2.24) is 4.98 Å². The van der Waals surface area contributed by atoms with Crippen LogP contribution in [0.5, 0.6) is 5.75 Å². The average Bonchev–Trinajstić information content (AvgIpc) is 2.50. The predicted octanol–water partition coefficient (Wildman–Crippen LogP) is 3.99. The molecule has 2 aromatic rings. The highest BCUT2D eigenvalue weighted by molar-refractivity contribution is 6.35. The molecule has 22 heavy (non-hydrogen) atoms. The minimum absolute atomic E-state index is 0.0955. The van der Waals surface area contributed by atoms with Crippen molar-refractivity contribution in [3.8, 4) is 5.75 Å². The lowest BCUT2D eigenvalue weighted by molar-refractivity contribution is -0.122. The van der Waals surface area contributed by atoms with Gasteiger partial charge in [-0.2, -0.15) is 0 Å². The molecule has 1 heterocycles. The van der Waals surface area contributed by atoms with Crippen LogP contribution in [0.3, 0.4) is 0 Å². The Hall–Kier alpha value is -1.81. The van der Waals surface area contributed by atoms with E-state index in [4.69, 9.17) is 17.3 Å². The molecule has 0 aliphatic rings. The Balaban J connectivity index is 2.63. The van der Waals surface area contributed by atoms with Crippen LogP contribution in [-0.4, -0.2) is 16.0 Å². The standard InChI is InChI=1S/C17H21ClN2O2/c1-3-6-11(10(4-2)17(19)22)13-9-14(18)12-7-5-8-20-15(12)16(13)21/h5,7-11,21H,3-4,6H2,1-2H3,(H2,19,22). The van der Waals surface area contributed by atoms with E-state index < -0.39 is 0 Å². The van der Waals surface area contributed by atoms with Gasteiger partial charge in [0.25, 0.3) is 0 Å². The second-order valence-electron chi connectivity index (χ2n) is 5.51. The van der Waals surface area contributed by atoms with Gasteiger partial charge < -0.3 is 10.8 Å². The molecule has 2 unspecified atom stereocenters. The number of carbonyl (C=O) groups is 1. The van der Waals surface area contributed by atoms with Crippen molar-refractivity contribution >= 4 is 28.4 Å². The monoisotopic (exact) mass is 320 g/mol. The smallest absolute Gasteiger partial charge is 0.221 e. The van der Waals surface area contributed by atoms with E-state index in [0.717, 1.165) is 12.8 Å². The Morgan fingerprint density at radius 3 is 2.77 bits per heavy atom. The number of hydrogen-bond acceptors (Lipinski definition) is 3. The SMILES string of the molecule is CCCC(c1cc(Cl)c2cccnc2c1O)C(CC)C(N)=O. The van der Waals surface area contributed by atoms with Crippen molar-refractivity contribution in [2.75, 3.05) is 0 Å². The lowest BCUT2D eigenvalue weighted by atomic mass is 9.80. The molecular formula is C17H21ClN2O2. The zero-order chi connectivity index (χ0) is 16.3. The van der Waals surface area contributed by atoms with Gasteiger partial charge in [0, 0.05) is 23.1 Å². The first kappa shape index (κ1) is 16.6. The number of amides is 1. The quantitative estimate of drug-likeness (QED) is 0.845. The number of benzene rings is 1. The summed E-state index contributed by atoms with van der Waals surface area (Å²) in [5.74, 6) is -0.741. The Morgan fingerprint density at radius 2 is 2.18 bits per heavy atom. The van der Waals surface area contributed by atoms with Gasteiger partial charge in [0.15, 0.2) is 0 Å². The summed E-state index contributed by atoms with van der Waals surface area (Å²) in [5.41, 5.74) is 6.67. The van der Waals surface area contributed by atoms with Gasteiger partial charge in [-0.3, -0.25) is 9.78 Å². The summed E-state index contributed by atoms with van der Waals surface area (Å²) in [7, 11) is 0. The van der Waals surface area contributed by atoms with E-state index in [-0.39, 0.29) is 23.5 Å². The van der Waals surface area contributed by atoms with Gasteiger partial charge in [0.05, 0.1) is 5.02 Å².